The number of amides is 4. The zero-order valence-corrected chi connectivity index (χ0v) is 9.70. The van der Waals surface area contributed by atoms with Crippen molar-refractivity contribution in [1.29, 1.82) is 0 Å². The monoisotopic (exact) mass is 270 g/mol. The molecule has 0 N–H and O–H groups in total. The average molecular weight is 270 g/mol. The smallest absolute Gasteiger partial charge is 0.262 e. The topological polar surface area (TPSA) is 126 Å². The molecule has 0 atom stereocenters. The molecule has 0 bridgehead atoms. The number of hydrogen-bond donors (Lipinski definition) is 0. The molecule has 0 saturated carbocycles. The van der Waals surface area contributed by atoms with Gasteiger partial charge in [-0.25, -0.2) is 21.6 Å². The Hall–Kier alpha value is -1.49. The highest BCUT2D eigenvalue weighted by Crippen LogP contribution is 2.18. The third-order valence-corrected chi connectivity index (χ3v) is 3.53. The van der Waals surface area contributed by atoms with E-state index in [2.05, 4.69) is 0 Å². The van der Waals surface area contributed by atoms with Crippen LogP contribution in [0.25, 0.3) is 0 Å². The number of urea groups is 1. The van der Waals surface area contributed by atoms with E-state index >= 15 is 0 Å². The Morgan fingerprint density at radius 1 is 0.750 bits per heavy atom. The Morgan fingerprint density at radius 3 is 1.12 bits per heavy atom. The van der Waals surface area contributed by atoms with Crippen LogP contribution < -0.4 is 0 Å². The minimum atomic E-state index is -4.32. The van der Waals surface area contributed by atoms with Crippen molar-refractivity contribution in [1.82, 2.24) is 8.61 Å². The normalized spacial score (nSPS) is 18.5. The lowest BCUT2D eigenvalue weighted by Gasteiger charge is -2.10. The molecular weight excluding hydrogens is 264 g/mol. The van der Waals surface area contributed by atoms with E-state index in [4.69, 9.17) is 0 Å². The van der Waals surface area contributed by atoms with E-state index in [-0.39, 0.29) is 0 Å². The molecule has 1 aliphatic rings. The Morgan fingerprint density at radius 2 is 1.00 bits per heavy atom. The number of rotatable bonds is 2. The van der Waals surface area contributed by atoms with Gasteiger partial charge < -0.3 is 0 Å². The van der Waals surface area contributed by atoms with Gasteiger partial charge in [0, 0.05) is 0 Å². The van der Waals surface area contributed by atoms with Gasteiger partial charge in [-0.2, -0.15) is 0 Å². The van der Waals surface area contributed by atoms with Crippen molar-refractivity contribution in [2.24, 2.45) is 0 Å². The molecule has 0 aliphatic carbocycles. The molecule has 1 heterocycles. The minimum absolute atomic E-state index is 0.392. The second-order valence-corrected chi connectivity index (χ2v) is 6.61. The number of imide groups is 2. The predicted molar refractivity (Wildman–Crippen MR) is 48.8 cm³/mol. The number of hydrogen-bond acceptors (Lipinski definition) is 7. The first kappa shape index (κ1) is 12.6. The van der Waals surface area contributed by atoms with Crippen molar-refractivity contribution < 1.29 is 31.2 Å². The van der Waals surface area contributed by atoms with Crippen LogP contribution in [0.3, 0.4) is 0 Å². The summed E-state index contributed by atoms with van der Waals surface area (Å²) in [7, 11) is -8.64. The first-order chi connectivity index (χ1) is 6.98. The molecule has 0 aromatic heterocycles. The van der Waals surface area contributed by atoms with Gasteiger partial charge in [0.1, 0.15) is 0 Å². The summed E-state index contributed by atoms with van der Waals surface area (Å²) in [5.41, 5.74) is 0. The van der Waals surface area contributed by atoms with E-state index in [1.165, 1.54) is 0 Å². The molecule has 1 fully saturated rings. The van der Waals surface area contributed by atoms with Crippen LogP contribution in [0.15, 0.2) is 0 Å². The lowest BCUT2D eigenvalue weighted by molar-refractivity contribution is -0.140. The van der Waals surface area contributed by atoms with Crippen LogP contribution in [-0.2, 0) is 29.6 Å². The van der Waals surface area contributed by atoms with Crippen LogP contribution in [0, 0.1) is 0 Å². The number of nitrogens with zero attached hydrogens (tertiary/aromatic N) is 2. The van der Waals surface area contributed by atoms with Crippen LogP contribution in [0.4, 0.5) is 4.79 Å². The number of sulfonamides is 2. The van der Waals surface area contributed by atoms with Gasteiger partial charge in [-0.05, 0) is 0 Å². The fourth-order valence-corrected chi connectivity index (χ4v) is 2.56. The maximum absolute atomic E-state index is 11.3. The Kier molecular flexibility index (Phi) is 2.55. The summed E-state index contributed by atoms with van der Waals surface area (Å²) in [6.45, 7) is 0. The highest BCUT2D eigenvalue weighted by molar-refractivity contribution is 7.91. The van der Waals surface area contributed by atoms with E-state index in [1.54, 1.807) is 0 Å². The molecule has 11 heteroatoms. The molecule has 16 heavy (non-hydrogen) atoms. The van der Waals surface area contributed by atoms with E-state index in [0.29, 0.717) is 12.5 Å². The zero-order chi connectivity index (χ0) is 12.9. The minimum Gasteiger partial charge on any atom is -0.262 e. The Labute approximate surface area is 90.7 Å². The van der Waals surface area contributed by atoms with Crippen molar-refractivity contribution >= 4 is 37.9 Å². The quantitative estimate of drug-likeness (QED) is 0.407. The second-order valence-electron chi connectivity index (χ2n) is 2.95. The molecular formula is C5H6N2O7S2. The summed E-state index contributed by atoms with van der Waals surface area (Å²) >= 11 is 0. The number of carbonyl (C=O) groups is 3. The summed E-state index contributed by atoms with van der Waals surface area (Å²) < 4.78 is 43.1. The van der Waals surface area contributed by atoms with E-state index in [0.717, 1.165) is 0 Å². The van der Waals surface area contributed by atoms with Crippen molar-refractivity contribution in [2.45, 2.75) is 0 Å². The summed E-state index contributed by atoms with van der Waals surface area (Å²) in [6, 6.07) is -1.71. The fraction of sp³-hybridized carbons (Fsp3) is 0.400. The highest BCUT2D eigenvalue weighted by atomic mass is 32.2. The highest BCUT2D eigenvalue weighted by Gasteiger charge is 2.53. The second kappa shape index (κ2) is 3.25. The van der Waals surface area contributed by atoms with Crippen molar-refractivity contribution in [3.05, 3.63) is 0 Å². The van der Waals surface area contributed by atoms with Crippen LogP contribution in [-0.4, -0.2) is 55.8 Å². The van der Waals surface area contributed by atoms with Gasteiger partial charge in [0.2, 0.25) is 20.0 Å². The molecule has 0 aromatic rings. The lowest BCUT2D eigenvalue weighted by Crippen LogP contribution is -2.39. The van der Waals surface area contributed by atoms with E-state index < -0.39 is 46.5 Å². The fourth-order valence-electron chi connectivity index (χ4n) is 1.01. The third-order valence-electron chi connectivity index (χ3n) is 1.56. The lowest BCUT2D eigenvalue weighted by atomic mass is 10.6. The van der Waals surface area contributed by atoms with Gasteiger partial charge >= 0.3 is 17.8 Å². The van der Waals surface area contributed by atoms with Crippen molar-refractivity contribution in [2.75, 3.05) is 12.5 Å². The van der Waals surface area contributed by atoms with Crippen LogP contribution in [0.1, 0.15) is 0 Å². The van der Waals surface area contributed by atoms with Gasteiger partial charge in [-0.1, -0.05) is 0 Å². The summed E-state index contributed by atoms with van der Waals surface area (Å²) in [5.74, 6) is -3.42. The Bertz CT molecular complexity index is 534. The van der Waals surface area contributed by atoms with Gasteiger partial charge in [-0.15, -0.1) is 8.61 Å². The van der Waals surface area contributed by atoms with Gasteiger partial charge in [0.25, 0.3) is 0 Å². The molecule has 9 nitrogen and oxygen atoms in total. The molecule has 1 rings (SSSR count). The molecule has 1 saturated heterocycles. The van der Waals surface area contributed by atoms with Gasteiger partial charge in [0.15, 0.2) is 0 Å². The maximum atomic E-state index is 11.3. The maximum Gasteiger partial charge on any atom is 0.362 e. The largest absolute Gasteiger partial charge is 0.362 e. The van der Waals surface area contributed by atoms with E-state index in [9.17, 15) is 31.2 Å². The molecule has 4 amide bonds. The van der Waals surface area contributed by atoms with Crippen molar-refractivity contribution in [3.8, 4) is 0 Å². The predicted octanol–water partition coefficient (Wildman–Crippen LogP) is -2.30. The van der Waals surface area contributed by atoms with Crippen LogP contribution in [0.2, 0.25) is 0 Å². The summed E-state index contributed by atoms with van der Waals surface area (Å²) in [6.07, 6.45) is 1.00. The first-order valence-electron chi connectivity index (χ1n) is 3.61. The van der Waals surface area contributed by atoms with Crippen LogP contribution in [0.5, 0.6) is 0 Å². The van der Waals surface area contributed by atoms with Gasteiger partial charge in [0.05, 0.1) is 12.5 Å². The molecule has 0 radical (unpaired) electrons. The standard InChI is InChI=1S/C5H6N2O7S2/c1-15(11,12)6-3(8)4(9)7(5(6)10)16(2,13)14/h1-2H3. The summed E-state index contributed by atoms with van der Waals surface area (Å²) in [4.78, 5) is 33.5. The van der Waals surface area contributed by atoms with Gasteiger partial charge in [-0.3, -0.25) is 9.59 Å². The zero-order valence-electron chi connectivity index (χ0n) is 8.07. The number of carbonyl (C=O) groups excluding carboxylic acids is 3. The third kappa shape index (κ3) is 1.78. The molecule has 0 unspecified atom stereocenters. The molecule has 1 aliphatic heterocycles. The van der Waals surface area contributed by atoms with Crippen molar-refractivity contribution in [3.63, 3.8) is 0 Å². The molecule has 0 spiro atoms. The van der Waals surface area contributed by atoms with Crippen LogP contribution >= 0.6 is 0 Å². The molecule has 0 aromatic carbocycles. The molecule has 90 valence electrons. The van der Waals surface area contributed by atoms with E-state index in [1.807, 2.05) is 0 Å². The first-order valence-corrected chi connectivity index (χ1v) is 7.30. The Balaban J connectivity index is 3.43. The SMILES string of the molecule is CS(=O)(=O)N1C(=O)C(=O)N(S(C)(=O)=O)C1=O. The average Bonchev–Trinajstić information content (AvgIpc) is 2.19. The summed E-state index contributed by atoms with van der Waals surface area (Å²) in [5, 5.41) is 0.